The molecule has 0 aromatic carbocycles. The molecule has 0 saturated heterocycles. The number of Topliss-reactive ketones (excluding diaryl/α,β-unsaturated/α-hetero) is 1. The fraction of sp³-hybridized carbons (Fsp3) is 0.833. The van der Waals surface area contributed by atoms with Gasteiger partial charge in [-0.1, -0.05) is 0 Å². The molecule has 0 unspecified atom stereocenters. The number of carbonyl (C=O) groups is 1. The minimum absolute atomic E-state index is 0. The lowest BCUT2D eigenvalue weighted by atomic mass is 10.1. The molecule has 0 radical (unpaired) electrons. The van der Waals surface area contributed by atoms with E-state index in [2.05, 4.69) is 9.05 Å². The molecule has 3 atom stereocenters. The molecule has 0 bridgehead atoms. The lowest BCUT2D eigenvalue weighted by molar-refractivity contribution is -0.344. The minimum Gasteiger partial charge on any atom is -0.790 e. The van der Waals surface area contributed by atoms with Gasteiger partial charge in [-0.15, -0.1) is 0 Å². The van der Waals surface area contributed by atoms with E-state index >= 15 is 0 Å². The van der Waals surface area contributed by atoms with Crippen molar-refractivity contribution in [1.82, 2.24) is 24.6 Å². The summed E-state index contributed by atoms with van der Waals surface area (Å²) in [7, 11) is -10.9. The largest absolute Gasteiger partial charge is 0.790 e. The molecule has 0 aliphatic rings. The number of phosphoric acid groups is 2. The van der Waals surface area contributed by atoms with Crippen molar-refractivity contribution in [2.75, 3.05) is 13.2 Å². The molecule has 0 amide bonds. The average molecular weight is 408 g/mol. The van der Waals surface area contributed by atoms with Gasteiger partial charge in [-0.25, -0.2) is 0 Å². The second kappa shape index (κ2) is 13.9. The number of hydrogen-bond donors (Lipinski definition) is 7. The number of quaternary nitrogens is 4. The fourth-order valence-electron chi connectivity index (χ4n) is 0.895. The van der Waals surface area contributed by atoms with Crippen molar-refractivity contribution in [2.45, 2.75) is 18.3 Å². The van der Waals surface area contributed by atoms with Crippen LogP contribution >= 0.6 is 15.6 Å². The van der Waals surface area contributed by atoms with Crippen molar-refractivity contribution >= 4 is 21.4 Å². The molecule has 18 heteroatoms. The third-order valence-electron chi connectivity index (χ3n) is 1.82. The molecule has 19 N–H and O–H groups in total. The van der Waals surface area contributed by atoms with Crippen molar-refractivity contribution in [3.63, 3.8) is 0 Å². The number of rotatable bonds is 9. The molecule has 24 heavy (non-hydrogen) atoms. The summed E-state index contributed by atoms with van der Waals surface area (Å²) in [5.74, 6) is -1.48. The van der Waals surface area contributed by atoms with E-state index in [1.165, 1.54) is 0 Å². The maximum absolute atomic E-state index is 11.1. The minimum atomic E-state index is -5.47. The topological polar surface area (TPSA) is 369 Å². The van der Waals surface area contributed by atoms with E-state index in [0.717, 1.165) is 0 Å². The number of carbonyl (C=O) groups excluding carboxylic acids is 1. The second-order valence-corrected chi connectivity index (χ2v) is 5.74. The molecular formula is C6H26N4O12P2. The second-order valence-electron chi connectivity index (χ2n) is 3.43. The highest BCUT2D eigenvalue weighted by molar-refractivity contribution is 7.43. The van der Waals surface area contributed by atoms with Crippen LogP contribution in [-0.2, 0) is 23.0 Å². The van der Waals surface area contributed by atoms with Crippen molar-refractivity contribution < 1.29 is 57.9 Å². The zero-order valence-corrected chi connectivity index (χ0v) is 15.3. The van der Waals surface area contributed by atoms with Gasteiger partial charge in [0, 0.05) is 0 Å². The van der Waals surface area contributed by atoms with Crippen LogP contribution in [0.3, 0.4) is 0 Å². The van der Waals surface area contributed by atoms with E-state index < -0.39 is 53.0 Å². The third kappa shape index (κ3) is 16.5. The first-order valence-corrected chi connectivity index (χ1v) is 7.65. The van der Waals surface area contributed by atoms with Crippen molar-refractivity contribution in [3.05, 3.63) is 0 Å². The highest BCUT2D eigenvalue weighted by atomic mass is 31.2. The lowest BCUT2D eigenvalue weighted by Crippen LogP contribution is -2.45. The third-order valence-corrected chi connectivity index (χ3v) is 2.73. The summed E-state index contributed by atoms with van der Waals surface area (Å²) in [6, 6.07) is 0. The number of aliphatic hydroxyl groups excluding tert-OH is 3. The van der Waals surface area contributed by atoms with Crippen molar-refractivity contribution in [3.8, 4) is 0 Å². The first-order valence-electron chi connectivity index (χ1n) is 4.73. The van der Waals surface area contributed by atoms with Crippen LogP contribution in [0.5, 0.6) is 0 Å². The Kier molecular flexibility index (Phi) is 20.1. The zero-order chi connectivity index (χ0) is 16.1. The van der Waals surface area contributed by atoms with Gasteiger partial charge in [-0.05, 0) is 0 Å². The monoisotopic (exact) mass is 408 g/mol. The van der Waals surface area contributed by atoms with Crippen LogP contribution in [0.4, 0.5) is 0 Å². The predicted octanol–water partition coefficient (Wildman–Crippen LogP) is -4.17. The number of hydrogen-bond acceptors (Lipinski definition) is 12. The zero-order valence-electron chi connectivity index (χ0n) is 13.6. The summed E-state index contributed by atoms with van der Waals surface area (Å²) in [6.45, 7) is -2.63. The van der Waals surface area contributed by atoms with Gasteiger partial charge >= 0.3 is 0 Å². The summed E-state index contributed by atoms with van der Waals surface area (Å²) >= 11 is 0. The van der Waals surface area contributed by atoms with Gasteiger partial charge in [0.15, 0.2) is 5.78 Å². The van der Waals surface area contributed by atoms with E-state index in [-0.39, 0.29) is 24.6 Å². The average Bonchev–Trinajstić information content (AvgIpc) is 2.29. The van der Waals surface area contributed by atoms with Crippen molar-refractivity contribution in [2.24, 2.45) is 0 Å². The first-order chi connectivity index (χ1) is 8.83. The molecule has 0 aromatic rings. The number of aliphatic hydroxyl groups is 3. The molecule has 0 saturated carbocycles. The van der Waals surface area contributed by atoms with Crippen LogP contribution in [-0.4, -0.2) is 52.6 Å². The van der Waals surface area contributed by atoms with E-state index in [9.17, 15) is 38.6 Å². The molecule has 0 fully saturated rings. The van der Waals surface area contributed by atoms with Crippen LogP contribution in [0.15, 0.2) is 0 Å². The standard InChI is InChI=1S/C6H14O12P2.4H3N/c7-3(1-17-19(11,12)13)5(9)6(10)4(8)2-18-20(14,15)16;;;;/h3,5-7,9-10H,1-2H2,(H2,11,12,13)(H2,14,15,16);4*1H3/t3-,5-,6-;;;;/m1..../s1. The van der Waals surface area contributed by atoms with Gasteiger partial charge in [0.05, 0.1) is 22.3 Å². The van der Waals surface area contributed by atoms with E-state index in [4.69, 9.17) is 10.2 Å². The maximum atomic E-state index is 11.1. The van der Waals surface area contributed by atoms with Gasteiger partial charge in [0.25, 0.3) is 0 Å². The van der Waals surface area contributed by atoms with Gasteiger partial charge in [-0.3, -0.25) is 4.79 Å². The van der Waals surface area contributed by atoms with Crippen LogP contribution in [0.25, 0.3) is 0 Å². The van der Waals surface area contributed by atoms with Crippen molar-refractivity contribution in [1.29, 1.82) is 0 Å². The summed E-state index contributed by atoms with van der Waals surface area (Å²) in [6.07, 6.45) is -6.83. The molecule has 0 spiro atoms. The van der Waals surface area contributed by atoms with E-state index in [1.54, 1.807) is 0 Å². The van der Waals surface area contributed by atoms with Gasteiger partial charge in [0.1, 0.15) is 24.9 Å². The smallest absolute Gasteiger partial charge is 0.189 e. The van der Waals surface area contributed by atoms with Crippen LogP contribution in [0.2, 0.25) is 0 Å². The van der Waals surface area contributed by atoms with Gasteiger partial charge < -0.3 is 77.7 Å². The normalized spacial score (nSPS) is 14.6. The Hall–Kier alpha value is -0.390. The summed E-state index contributed by atoms with van der Waals surface area (Å²) in [5, 5.41) is 27.5. The van der Waals surface area contributed by atoms with Crippen LogP contribution in [0, 0.1) is 0 Å². The molecule has 0 aliphatic heterocycles. The van der Waals surface area contributed by atoms with Crippen LogP contribution in [0.1, 0.15) is 0 Å². The summed E-state index contributed by atoms with van der Waals surface area (Å²) in [4.78, 5) is 51.4. The van der Waals surface area contributed by atoms with E-state index in [0.29, 0.717) is 0 Å². The molecule has 0 rings (SSSR count). The first kappa shape index (κ1) is 34.9. The SMILES string of the molecule is O=C(COP(=O)([O-])[O-])[C@@H](O)[C@H](O)[C@H](O)COP(=O)([O-])[O-].[NH4+].[NH4+].[NH4+].[NH4+]. The highest BCUT2D eigenvalue weighted by Gasteiger charge is 2.30. The van der Waals surface area contributed by atoms with Gasteiger partial charge in [0.2, 0.25) is 0 Å². The maximum Gasteiger partial charge on any atom is 0.189 e. The summed E-state index contributed by atoms with van der Waals surface area (Å²) < 4.78 is 27.3. The predicted molar refractivity (Wildman–Crippen MR) is 74.1 cm³/mol. The summed E-state index contributed by atoms with van der Waals surface area (Å²) in [5.41, 5.74) is 0. The highest BCUT2D eigenvalue weighted by Crippen LogP contribution is 2.26. The Labute approximate surface area is 136 Å². The van der Waals surface area contributed by atoms with Crippen LogP contribution < -0.4 is 44.2 Å². The fourth-order valence-corrected chi connectivity index (χ4v) is 1.52. The van der Waals surface area contributed by atoms with E-state index in [1.807, 2.05) is 0 Å². The molecule has 0 aromatic heterocycles. The Morgan fingerprint density at radius 1 is 0.875 bits per heavy atom. The molecule has 152 valence electrons. The Morgan fingerprint density at radius 2 is 1.25 bits per heavy atom. The Bertz CT molecular complexity index is 426. The van der Waals surface area contributed by atoms with Gasteiger partial charge in [-0.2, -0.15) is 0 Å². The Morgan fingerprint density at radius 3 is 1.58 bits per heavy atom. The molecule has 0 heterocycles. The Balaban J connectivity index is -0.000000301. The lowest BCUT2D eigenvalue weighted by Gasteiger charge is -2.31. The molecular weight excluding hydrogens is 382 g/mol. The number of phosphoric ester groups is 2. The molecule has 16 nitrogen and oxygen atoms in total. The quantitative estimate of drug-likeness (QED) is 0.178. The number of ketones is 1. The molecule has 0 aliphatic carbocycles.